The molecule has 0 radical (unpaired) electrons. The van der Waals surface area contributed by atoms with Gasteiger partial charge in [0.05, 0.1) is 18.8 Å². The van der Waals surface area contributed by atoms with Gasteiger partial charge in [-0.2, -0.15) is 0 Å². The Balaban J connectivity index is 1.81. The molecule has 0 aromatic heterocycles. The average Bonchev–Trinajstić information content (AvgIpc) is 2.85. The van der Waals surface area contributed by atoms with Gasteiger partial charge in [0.2, 0.25) is 5.91 Å². The highest BCUT2D eigenvalue weighted by Crippen LogP contribution is 2.63. The van der Waals surface area contributed by atoms with Crippen molar-refractivity contribution in [3.63, 3.8) is 0 Å². The van der Waals surface area contributed by atoms with Gasteiger partial charge < -0.3 is 34.8 Å². The lowest BCUT2D eigenvalue weighted by atomic mass is 9.46. The summed E-state index contributed by atoms with van der Waals surface area (Å²) in [6.45, 7) is 12.9. The van der Waals surface area contributed by atoms with Crippen LogP contribution in [0.1, 0.15) is 81.1 Å². The zero-order valence-electron chi connectivity index (χ0n) is 25.8. The van der Waals surface area contributed by atoms with E-state index >= 15 is 0 Å². The quantitative estimate of drug-likeness (QED) is 0.263. The fraction of sp³-hybridized carbons (Fsp3) is 0.742. The van der Waals surface area contributed by atoms with Crippen molar-refractivity contribution in [2.75, 3.05) is 6.61 Å². The zero-order chi connectivity index (χ0) is 31.6. The fourth-order valence-electron chi connectivity index (χ4n) is 7.79. The standard InChI is InChI=1S/C31H45NO10/c1-15(2)11-20(32-17(4)33)24(36)27(37)42-21-13-31(39)26(41-18(5)34)25-29(8,10-9-23-30(25,38)14-40-23)22(35)12-19(16(21)3)28(31,6)7/h11,20-21,23-26,36,38-39H,9-10,12-14H2,1-8H3,(H,32,33)/t20-,21?,23+,24+,25-,26-,29-,30-,31+/m0/s1. The number of carbonyl (C=O) groups excluding carboxylic acids is 4. The van der Waals surface area contributed by atoms with Crippen molar-refractivity contribution < 1.29 is 48.7 Å². The summed E-state index contributed by atoms with van der Waals surface area (Å²) in [5.74, 6) is -3.33. The molecule has 1 amide bonds. The second-order valence-corrected chi connectivity index (χ2v) is 13.6. The predicted molar refractivity (Wildman–Crippen MR) is 150 cm³/mol. The molecule has 234 valence electrons. The number of hydrogen-bond donors (Lipinski definition) is 4. The highest BCUT2D eigenvalue weighted by atomic mass is 16.6. The van der Waals surface area contributed by atoms with Crippen LogP contribution in [0.5, 0.6) is 0 Å². The van der Waals surface area contributed by atoms with E-state index in [1.54, 1.807) is 41.5 Å². The van der Waals surface area contributed by atoms with Gasteiger partial charge in [0.1, 0.15) is 29.2 Å². The summed E-state index contributed by atoms with van der Waals surface area (Å²) in [5, 5.41) is 38.0. The van der Waals surface area contributed by atoms with Gasteiger partial charge in [-0.25, -0.2) is 4.79 Å². The van der Waals surface area contributed by atoms with Gasteiger partial charge in [0, 0.05) is 43.4 Å². The van der Waals surface area contributed by atoms with E-state index in [0.717, 1.165) is 5.57 Å². The number of carbonyl (C=O) groups is 4. The Bertz CT molecular complexity index is 1230. The van der Waals surface area contributed by atoms with Gasteiger partial charge in [-0.05, 0) is 39.2 Å². The number of rotatable bonds is 6. The van der Waals surface area contributed by atoms with Gasteiger partial charge in [-0.1, -0.05) is 38.0 Å². The molecule has 1 aliphatic heterocycles. The Labute approximate surface area is 246 Å². The summed E-state index contributed by atoms with van der Waals surface area (Å²) in [6, 6.07) is -1.05. The molecule has 1 unspecified atom stereocenters. The third-order valence-corrected chi connectivity index (χ3v) is 10.3. The van der Waals surface area contributed by atoms with E-state index in [-0.39, 0.29) is 25.2 Å². The van der Waals surface area contributed by atoms with Crippen LogP contribution in [-0.2, 0) is 33.4 Å². The minimum absolute atomic E-state index is 0.0641. The fourth-order valence-corrected chi connectivity index (χ4v) is 7.79. The highest BCUT2D eigenvalue weighted by molar-refractivity contribution is 5.88. The maximum atomic E-state index is 14.1. The molecule has 11 nitrogen and oxygen atoms in total. The number of esters is 2. The van der Waals surface area contributed by atoms with Crippen LogP contribution >= 0.6 is 0 Å². The maximum absolute atomic E-state index is 14.1. The second-order valence-electron chi connectivity index (χ2n) is 13.6. The van der Waals surface area contributed by atoms with Gasteiger partial charge >= 0.3 is 11.9 Å². The molecule has 11 heteroatoms. The van der Waals surface area contributed by atoms with Gasteiger partial charge in [-0.3, -0.25) is 14.4 Å². The molecule has 4 aliphatic rings. The molecule has 1 heterocycles. The topological polar surface area (TPSA) is 169 Å². The van der Waals surface area contributed by atoms with Gasteiger partial charge in [-0.15, -0.1) is 0 Å². The summed E-state index contributed by atoms with van der Waals surface area (Å²) >= 11 is 0. The first-order valence-electron chi connectivity index (χ1n) is 14.6. The van der Waals surface area contributed by atoms with Crippen LogP contribution in [-0.4, -0.2) is 87.2 Å². The molecule has 3 fully saturated rings. The van der Waals surface area contributed by atoms with Gasteiger partial charge in [0.15, 0.2) is 6.10 Å². The lowest BCUT2D eigenvalue weighted by Gasteiger charge is -2.65. The second kappa shape index (κ2) is 10.8. The lowest BCUT2D eigenvalue weighted by molar-refractivity contribution is -0.329. The van der Waals surface area contributed by atoms with Crippen molar-refractivity contribution in [2.45, 2.75) is 123 Å². The molecule has 3 aliphatic carbocycles. The molecule has 0 aromatic rings. The van der Waals surface area contributed by atoms with Crippen molar-refractivity contribution >= 4 is 23.6 Å². The van der Waals surface area contributed by atoms with E-state index in [0.29, 0.717) is 24.0 Å². The highest BCUT2D eigenvalue weighted by Gasteiger charge is 2.73. The number of amides is 1. The molecule has 1 saturated heterocycles. The molecule has 0 aromatic carbocycles. The number of hydrogen-bond acceptors (Lipinski definition) is 10. The van der Waals surface area contributed by atoms with E-state index in [9.17, 15) is 34.5 Å². The lowest BCUT2D eigenvalue weighted by Crippen LogP contribution is -2.77. The minimum Gasteiger partial charge on any atom is -0.459 e. The van der Waals surface area contributed by atoms with E-state index in [4.69, 9.17) is 14.2 Å². The van der Waals surface area contributed by atoms with Crippen LogP contribution in [0.3, 0.4) is 0 Å². The number of aliphatic hydroxyl groups excluding tert-OH is 1. The summed E-state index contributed by atoms with van der Waals surface area (Å²) in [7, 11) is 0. The summed E-state index contributed by atoms with van der Waals surface area (Å²) < 4.78 is 17.4. The van der Waals surface area contributed by atoms with Crippen LogP contribution in [0.2, 0.25) is 0 Å². The van der Waals surface area contributed by atoms with E-state index in [1.807, 2.05) is 0 Å². The molecular weight excluding hydrogens is 546 g/mol. The first-order chi connectivity index (χ1) is 19.3. The number of fused-ring (bicyclic) bond motifs is 5. The summed E-state index contributed by atoms with van der Waals surface area (Å²) in [6.07, 6.45) is -2.68. The minimum atomic E-state index is -1.89. The first-order valence-corrected chi connectivity index (χ1v) is 14.6. The van der Waals surface area contributed by atoms with E-state index in [1.165, 1.54) is 19.9 Å². The van der Waals surface area contributed by atoms with Crippen LogP contribution in [0.25, 0.3) is 0 Å². The third kappa shape index (κ3) is 5.02. The molecule has 9 atom stereocenters. The third-order valence-electron chi connectivity index (χ3n) is 10.3. The Morgan fingerprint density at radius 1 is 1.10 bits per heavy atom. The molecule has 2 saturated carbocycles. The average molecular weight is 592 g/mol. The largest absolute Gasteiger partial charge is 0.459 e. The van der Waals surface area contributed by atoms with Crippen molar-refractivity contribution in [1.29, 1.82) is 0 Å². The van der Waals surface area contributed by atoms with Crippen molar-refractivity contribution in [3.8, 4) is 0 Å². The Morgan fingerprint density at radius 2 is 1.74 bits per heavy atom. The Kier molecular flexibility index (Phi) is 8.34. The zero-order valence-corrected chi connectivity index (χ0v) is 25.8. The molecule has 4 N–H and O–H groups in total. The van der Waals surface area contributed by atoms with Crippen molar-refractivity contribution in [2.24, 2.45) is 16.7 Å². The molecule has 42 heavy (non-hydrogen) atoms. The number of aliphatic hydroxyl groups is 3. The van der Waals surface area contributed by atoms with Crippen LogP contribution < -0.4 is 5.32 Å². The molecule has 4 rings (SSSR count). The summed E-state index contributed by atoms with van der Waals surface area (Å²) in [5.41, 5.74) is -3.80. The SMILES string of the molecule is CC(=O)N[C@@H](C=C(C)C)[C@@H](O)C(=O)OC1C[C@@]2(O)[C@@H](OC(C)=O)[C@@H]3[C@]4(O)CO[C@@H]4CC[C@@]3(C)C(=O)CC(=C1C)C2(C)C. The van der Waals surface area contributed by atoms with Gasteiger partial charge in [0.25, 0.3) is 0 Å². The molecular formula is C31H45NO10. The smallest absolute Gasteiger partial charge is 0.338 e. The first kappa shape index (κ1) is 32.3. The Hall–Kier alpha value is -2.60. The Morgan fingerprint density at radius 3 is 2.26 bits per heavy atom. The van der Waals surface area contributed by atoms with Crippen LogP contribution in [0.15, 0.2) is 22.8 Å². The van der Waals surface area contributed by atoms with Crippen molar-refractivity contribution in [3.05, 3.63) is 22.8 Å². The number of allylic oxidation sites excluding steroid dienone is 1. The normalized spacial score (nSPS) is 38.3. The maximum Gasteiger partial charge on any atom is 0.338 e. The molecule has 2 bridgehead atoms. The van der Waals surface area contributed by atoms with Crippen molar-refractivity contribution in [1.82, 2.24) is 5.32 Å². The number of ether oxygens (including phenoxy) is 3. The predicted octanol–water partition coefficient (Wildman–Crippen LogP) is 1.66. The summed E-state index contributed by atoms with van der Waals surface area (Å²) in [4.78, 5) is 51.7. The van der Waals surface area contributed by atoms with Crippen LogP contribution in [0, 0.1) is 16.7 Å². The monoisotopic (exact) mass is 591 g/mol. The number of ketones is 1. The number of Topliss-reactive ketones (excluding diaryl/α,β-unsaturated/α-hetero) is 1. The van der Waals surface area contributed by atoms with E-state index in [2.05, 4.69) is 5.32 Å². The molecule has 0 spiro atoms. The van der Waals surface area contributed by atoms with E-state index < -0.39 is 76.3 Å². The number of nitrogens with one attached hydrogen (secondary N) is 1. The van der Waals surface area contributed by atoms with Crippen LogP contribution in [0.4, 0.5) is 0 Å².